The van der Waals surface area contributed by atoms with Crippen LogP contribution in [0.4, 0.5) is 17.1 Å². The van der Waals surface area contributed by atoms with Crippen LogP contribution in [-0.2, 0) is 0 Å². The SMILES string of the molecule is [2H]c1c([2H])c([2H])c(-n2c3ccccc3c3cc(-c4ccc5c(c4)c4ccccc4n5-c4ccc(-c5ccc(N(c6ccccc6)c6ccccc6)cc5)cc4)ccc32)c([2H])c1[2H]. The molecule has 11 aromatic rings. The molecule has 0 amide bonds. The monoisotopic (exact) mass is 732 g/mol. The summed E-state index contributed by atoms with van der Waals surface area (Å²) in [6.07, 6.45) is 0. The zero-order valence-corrected chi connectivity index (χ0v) is 30.8. The first kappa shape index (κ1) is 27.9. The topological polar surface area (TPSA) is 13.1 Å². The van der Waals surface area contributed by atoms with E-state index in [1.807, 2.05) is 42.5 Å². The maximum absolute atomic E-state index is 8.77. The van der Waals surface area contributed by atoms with Crippen LogP contribution in [0.15, 0.2) is 224 Å². The van der Waals surface area contributed by atoms with E-state index in [4.69, 9.17) is 6.85 Å². The Bertz CT molecular complexity index is 3440. The number of benzene rings is 9. The quantitative estimate of drug-likeness (QED) is 0.159. The third-order valence-electron chi connectivity index (χ3n) is 11.0. The van der Waals surface area contributed by atoms with Gasteiger partial charge in [0.15, 0.2) is 0 Å². The third-order valence-corrected chi connectivity index (χ3v) is 11.0. The second-order valence-corrected chi connectivity index (χ2v) is 14.2. The summed E-state index contributed by atoms with van der Waals surface area (Å²) >= 11 is 0. The van der Waals surface area contributed by atoms with Gasteiger partial charge in [-0.25, -0.2) is 0 Å². The fraction of sp³-hybridized carbons (Fsp3) is 0. The summed E-state index contributed by atoms with van der Waals surface area (Å²) in [6.45, 7) is 0. The molecule has 0 aliphatic rings. The fourth-order valence-corrected chi connectivity index (χ4v) is 8.39. The lowest BCUT2D eigenvalue weighted by molar-refractivity contribution is 1.18. The summed E-state index contributed by atoms with van der Waals surface area (Å²) in [5.74, 6) is 0. The Hall–Kier alpha value is -7.62. The van der Waals surface area contributed by atoms with Crippen molar-refractivity contribution in [1.29, 1.82) is 0 Å². The van der Waals surface area contributed by atoms with E-state index in [1.54, 1.807) is 4.57 Å². The molecule has 2 aromatic heterocycles. The second-order valence-electron chi connectivity index (χ2n) is 14.2. The number of hydrogen-bond acceptors (Lipinski definition) is 1. The van der Waals surface area contributed by atoms with Crippen molar-refractivity contribution in [3.63, 3.8) is 0 Å². The molecule has 0 spiro atoms. The van der Waals surface area contributed by atoms with E-state index in [2.05, 4.69) is 161 Å². The molecule has 3 nitrogen and oxygen atoms in total. The average molecular weight is 733 g/mol. The molecule has 0 saturated carbocycles. The van der Waals surface area contributed by atoms with Gasteiger partial charge in [-0.3, -0.25) is 0 Å². The van der Waals surface area contributed by atoms with Gasteiger partial charge in [-0.05, 0) is 119 Å². The summed E-state index contributed by atoms with van der Waals surface area (Å²) in [7, 11) is 0. The van der Waals surface area contributed by atoms with E-state index < -0.39 is 6.04 Å². The van der Waals surface area contributed by atoms with Crippen LogP contribution in [-0.4, -0.2) is 9.13 Å². The molecule has 0 aliphatic carbocycles. The lowest BCUT2D eigenvalue weighted by Gasteiger charge is -2.25. The van der Waals surface area contributed by atoms with Crippen LogP contribution >= 0.6 is 0 Å². The molecule has 0 N–H and O–H groups in total. The van der Waals surface area contributed by atoms with E-state index in [1.165, 1.54) is 0 Å². The van der Waals surface area contributed by atoms with Crippen molar-refractivity contribution >= 4 is 60.7 Å². The first-order chi connectivity index (χ1) is 30.4. The van der Waals surface area contributed by atoms with Gasteiger partial charge < -0.3 is 14.0 Å². The van der Waals surface area contributed by atoms with Gasteiger partial charge >= 0.3 is 0 Å². The Kier molecular flexibility index (Phi) is 6.65. The van der Waals surface area contributed by atoms with Crippen molar-refractivity contribution in [3.8, 4) is 33.6 Å². The number of aromatic nitrogens is 2. The molecule has 2 heterocycles. The largest absolute Gasteiger partial charge is 0.311 e. The van der Waals surface area contributed by atoms with E-state index >= 15 is 0 Å². The van der Waals surface area contributed by atoms with Crippen LogP contribution in [0, 0.1) is 0 Å². The summed E-state index contributed by atoms with van der Waals surface area (Å²) in [5, 5.41) is 4.17. The molecule has 9 aromatic carbocycles. The predicted octanol–water partition coefficient (Wildman–Crippen LogP) is 14.7. The smallest absolute Gasteiger partial charge is 0.0645 e. The fourth-order valence-electron chi connectivity index (χ4n) is 8.39. The van der Waals surface area contributed by atoms with Gasteiger partial charge in [0.05, 0.1) is 28.9 Å². The van der Waals surface area contributed by atoms with Crippen LogP contribution in [0.25, 0.3) is 77.2 Å². The Labute approximate surface area is 338 Å². The lowest BCUT2D eigenvalue weighted by Crippen LogP contribution is -2.09. The number of hydrogen-bond donors (Lipinski definition) is 0. The van der Waals surface area contributed by atoms with Crippen molar-refractivity contribution in [2.45, 2.75) is 0 Å². The number of fused-ring (bicyclic) bond motifs is 6. The van der Waals surface area contributed by atoms with Crippen LogP contribution < -0.4 is 4.90 Å². The molecule has 0 fully saturated rings. The van der Waals surface area contributed by atoms with Crippen LogP contribution in [0.2, 0.25) is 0 Å². The normalized spacial score (nSPS) is 12.7. The minimum atomic E-state index is -0.405. The minimum absolute atomic E-state index is 0.143. The molecule has 3 heteroatoms. The summed E-state index contributed by atoms with van der Waals surface area (Å²) in [5.41, 5.74) is 12.6. The molecule has 268 valence electrons. The van der Waals surface area contributed by atoms with Gasteiger partial charge in [-0.15, -0.1) is 0 Å². The van der Waals surface area contributed by atoms with Crippen molar-refractivity contribution in [2.24, 2.45) is 0 Å². The Morgan fingerprint density at radius 3 is 1.25 bits per heavy atom. The maximum atomic E-state index is 8.77. The zero-order valence-electron chi connectivity index (χ0n) is 35.8. The minimum Gasteiger partial charge on any atom is -0.311 e. The van der Waals surface area contributed by atoms with Gasteiger partial charge in [-0.1, -0.05) is 127 Å². The van der Waals surface area contributed by atoms with Crippen LogP contribution in [0.3, 0.4) is 0 Å². The highest BCUT2D eigenvalue weighted by Crippen LogP contribution is 2.39. The van der Waals surface area contributed by atoms with Crippen LogP contribution in [0.1, 0.15) is 6.85 Å². The van der Waals surface area contributed by atoms with Crippen molar-refractivity contribution < 1.29 is 6.85 Å². The molecular weight excluding hydrogens is 691 g/mol. The van der Waals surface area contributed by atoms with Crippen molar-refractivity contribution in [3.05, 3.63) is 224 Å². The van der Waals surface area contributed by atoms with Crippen molar-refractivity contribution in [2.75, 3.05) is 4.90 Å². The predicted molar refractivity (Wildman–Crippen MR) is 241 cm³/mol. The first-order valence-corrected chi connectivity index (χ1v) is 19.1. The highest BCUT2D eigenvalue weighted by atomic mass is 15.1. The average Bonchev–Trinajstić information content (AvgIpc) is 3.83. The molecule has 0 atom stereocenters. The van der Waals surface area contributed by atoms with Gasteiger partial charge in [0, 0.05) is 50.0 Å². The molecule has 0 aliphatic heterocycles. The molecule has 0 saturated heterocycles. The zero-order chi connectivity index (χ0) is 42.1. The number of nitrogens with zero attached hydrogens (tertiary/aromatic N) is 3. The van der Waals surface area contributed by atoms with E-state index in [0.29, 0.717) is 0 Å². The van der Waals surface area contributed by atoms with E-state index in [0.717, 1.165) is 88.6 Å². The summed E-state index contributed by atoms with van der Waals surface area (Å²) in [4.78, 5) is 2.27. The molecule has 0 unspecified atom stereocenters. The maximum Gasteiger partial charge on any atom is 0.0645 e. The van der Waals surface area contributed by atoms with Crippen LogP contribution in [0.5, 0.6) is 0 Å². The van der Waals surface area contributed by atoms with E-state index in [9.17, 15) is 0 Å². The first-order valence-electron chi connectivity index (χ1n) is 21.6. The molecular formula is C54H37N3. The summed E-state index contributed by atoms with van der Waals surface area (Å²) < 4.78 is 46.6. The Morgan fingerprint density at radius 2 is 0.719 bits per heavy atom. The molecule has 0 bridgehead atoms. The lowest BCUT2D eigenvalue weighted by atomic mass is 10.0. The standard InChI is InChI=1S/C54H37N3/c1-4-14-42(15-5-1)55(43-16-6-2-7-17-43)45-30-24-38(25-31-45)39-26-32-46(33-27-39)57-52-23-13-11-21-48(52)50-37-41(29-35-54(50)57)40-28-34-53-49(36-40)47-20-10-12-22-51(47)56(53)44-18-8-3-9-19-44/h1-37H/i3D,8D,9D,18D,19D. The number of anilines is 3. The second kappa shape index (κ2) is 13.6. The number of para-hydroxylation sites is 5. The Morgan fingerprint density at radius 1 is 0.316 bits per heavy atom. The molecule has 0 radical (unpaired) electrons. The highest BCUT2D eigenvalue weighted by molar-refractivity contribution is 6.12. The van der Waals surface area contributed by atoms with Gasteiger partial charge in [0.25, 0.3) is 0 Å². The summed E-state index contributed by atoms with van der Waals surface area (Å²) in [6, 6.07) is 66.0. The highest BCUT2D eigenvalue weighted by Gasteiger charge is 2.17. The Balaban J connectivity index is 0.961. The van der Waals surface area contributed by atoms with Crippen molar-refractivity contribution in [1.82, 2.24) is 9.13 Å². The van der Waals surface area contributed by atoms with Gasteiger partial charge in [-0.2, -0.15) is 0 Å². The molecule has 57 heavy (non-hydrogen) atoms. The third kappa shape index (κ3) is 5.60. The van der Waals surface area contributed by atoms with E-state index in [-0.39, 0.29) is 29.9 Å². The number of rotatable bonds is 7. The molecule has 11 rings (SSSR count). The van der Waals surface area contributed by atoms with Gasteiger partial charge in [0.1, 0.15) is 0 Å². The van der Waals surface area contributed by atoms with Gasteiger partial charge in [0.2, 0.25) is 0 Å².